The number of benzene rings is 1. The predicted molar refractivity (Wildman–Crippen MR) is 102 cm³/mol. The second-order valence-electron chi connectivity index (χ2n) is 6.39. The van der Waals surface area contributed by atoms with Crippen LogP contribution in [0.4, 0.5) is 9.18 Å². The van der Waals surface area contributed by atoms with E-state index in [2.05, 4.69) is 20.8 Å². The van der Waals surface area contributed by atoms with E-state index in [1.165, 1.54) is 30.9 Å². The fourth-order valence-electron chi connectivity index (χ4n) is 2.83. The number of aromatic nitrogens is 3. The van der Waals surface area contributed by atoms with E-state index in [9.17, 15) is 14.0 Å². The molecule has 8 nitrogen and oxygen atoms in total. The first kappa shape index (κ1) is 20.3. The van der Waals surface area contributed by atoms with Crippen molar-refractivity contribution in [3.05, 3.63) is 30.1 Å². The largest absolute Gasteiger partial charge is 0.376 e. The minimum absolute atomic E-state index is 0.0320. The van der Waals surface area contributed by atoms with Crippen molar-refractivity contribution in [3.63, 3.8) is 0 Å². The summed E-state index contributed by atoms with van der Waals surface area (Å²) in [6.07, 6.45) is 1.95. The Morgan fingerprint density at radius 3 is 2.75 bits per heavy atom. The molecule has 150 valence electrons. The monoisotopic (exact) mass is 407 g/mol. The Bertz CT molecular complexity index is 836. The van der Waals surface area contributed by atoms with E-state index in [1.807, 2.05) is 4.57 Å². The second-order valence-corrected chi connectivity index (χ2v) is 7.70. The van der Waals surface area contributed by atoms with E-state index in [-0.39, 0.29) is 11.9 Å². The van der Waals surface area contributed by atoms with Crippen LogP contribution in [0.2, 0.25) is 0 Å². The van der Waals surface area contributed by atoms with Crippen molar-refractivity contribution >= 4 is 23.7 Å². The summed E-state index contributed by atoms with van der Waals surface area (Å²) < 4.78 is 20.9. The van der Waals surface area contributed by atoms with Gasteiger partial charge in [-0.25, -0.2) is 9.18 Å². The molecule has 1 aromatic heterocycles. The van der Waals surface area contributed by atoms with Crippen LogP contribution in [0.5, 0.6) is 0 Å². The van der Waals surface area contributed by atoms with Gasteiger partial charge in [0.2, 0.25) is 5.91 Å². The number of amides is 3. The van der Waals surface area contributed by atoms with Crippen LogP contribution in [-0.4, -0.2) is 51.7 Å². The minimum Gasteiger partial charge on any atom is -0.376 e. The first-order chi connectivity index (χ1) is 13.5. The Hall–Kier alpha value is -2.46. The first-order valence-electron chi connectivity index (χ1n) is 8.98. The third-order valence-electron chi connectivity index (χ3n) is 4.34. The van der Waals surface area contributed by atoms with Crippen molar-refractivity contribution in [1.29, 1.82) is 0 Å². The van der Waals surface area contributed by atoms with Gasteiger partial charge in [0.25, 0.3) is 0 Å². The van der Waals surface area contributed by atoms with E-state index < -0.39 is 17.2 Å². The Labute approximate surface area is 166 Å². The number of nitrogens with one attached hydrogen (secondary N) is 2. The average molecular weight is 407 g/mol. The van der Waals surface area contributed by atoms with Gasteiger partial charge in [-0.2, -0.15) is 0 Å². The number of hydrogen-bond acceptors (Lipinski definition) is 6. The number of carbonyl (C=O) groups is 2. The summed E-state index contributed by atoms with van der Waals surface area (Å²) in [5.74, 6) is -0.181. The lowest BCUT2D eigenvalue weighted by atomic mass is 10.2. The lowest BCUT2D eigenvalue weighted by Gasteiger charge is -2.16. The molecule has 28 heavy (non-hydrogen) atoms. The normalized spacial score (nSPS) is 17.3. The number of imide groups is 1. The molecule has 2 N–H and O–H groups in total. The Kier molecular flexibility index (Phi) is 6.63. The number of urea groups is 1. The first-order valence-corrected chi connectivity index (χ1v) is 9.86. The van der Waals surface area contributed by atoms with E-state index >= 15 is 0 Å². The van der Waals surface area contributed by atoms with Crippen molar-refractivity contribution < 1.29 is 18.7 Å². The quantitative estimate of drug-likeness (QED) is 0.713. The molecular formula is C18H22FN5O3S. The topological polar surface area (TPSA) is 98.1 Å². The molecule has 2 aromatic rings. The minimum atomic E-state index is -0.565. The van der Waals surface area contributed by atoms with Crippen LogP contribution in [0.3, 0.4) is 0 Å². The Balaban J connectivity index is 1.84. The molecule has 2 heterocycles. The third kappa shape index (κ3) is 4.87. The Morgan fingerprint density at radius 2 is 2.11 bits per heavy atom. The highest BCUT2D eigenvalue weighted by molar-refractivity contribution is 8.00. The Morgan fingerprint density at radius 1 is 1.36 bits per heavy atom. The standard InChI is InChI=1S/C18H22FN5O3S/c1-11(16(25)21-17(26)20-2)28-18-23-22-15(12-5-7-13(19)8-6-12)24(18)10-14-4-3-9-27-14/h5-8,11,14H,3-4,9-10H2,1-2H3,(H2,20,21,25,26)/t11-,14+/m0/s1. The zero-order valence-corrected chi connectivity index (χ0v) is 16.5. The summed E-state index contributed by atoms with van der Waals surface area (Å²) in [5, 5.41) is 13.0. The van der Waals surface area contributed by atoms with Gasteiger partial charge >= 0.3 is 6.03 Å². The van der Waals surface area contributed by atoms with Gasteiger partial charge in [-0.15, -0.1) is 10.2 Å². The summed E-state index contributed by atoms with van der Waals surface area (Å²) in [4.78, 5) is 23.5. The molecule has 1 saturated heterocycles. The number of thioether (sulfide) groups is 1. The average Bonchev–Trinajstić information content (AvgIpc) is 3.33. The molecule has 10 heteroatoms. The van der Waals surface area contributed by atoms with Crippen LogP contribution in [0.1, 0.15) is 19.8 Å². The molecule has 0 aliphatic carbocycles. The molecule has 3 amide bonds. The van der Waals surface area contributed by atoms with Crippen molar-refractivity contribution in [1.82, 2.24) is 25.4 Å². The van der Waals surface area contributed by atoms with Crippen LogP contribution < -0.4 is 10.6 Å². The molecule has 1 aromatic carbocycles. The zero-order valence-electron chi connectivity index (χ0n) is 15.6. The van der Waals surface area contributed by atoms with Crippen molar-refractivity contribution in [2.75, 3.05) is 13.7 Å². The van der Waals surface area contributed by atoms with Crippen molar-refractivity contribution in [2.24, 2.45) is 0 Å². The molecule has 1 aliphatic rings. The van der Waals surface area contributed by atoms with Gasteiger partial charge in [0, 0.05) is 19.2 Å². The van der Waals surface area contributed by atoms with E-state index in [0.717, 1.165) is 18.4 Å². The smallest absolute Gasteiger partial charge is 0.321 e. The molecule has 0 unspecified atom stereocenters. The molecular weight excluding hydrogens is 385 g/mol. The van der Waals surface area contributed by atoms with Crippen LogP contribution in [0.25, 0.3) is 11.4 Å². The molecule has 0 spiro atoms. The van der Waals surface area contributed by atoms with E-state index in [1.54, 1.807) is 19.1 Å². The van der Waals surface area contributed by atoms with Gasteiger partial charge in [-0.05, 0) is 44.0 Å². The molecule has 1 aliphatic heterocycles. The van der Waals surface area contributed by atoms with E-state index in [4.69, 9.17) is 4.74 Å². The lowest BCUT2D eigenvalue weighted by molar-refractivity contribution is -0.119. The highest BCUT2D eigenvalue weighted by Gasteiger charge is 2.25. The highest BCUT2D eigenvalue weighted by atomic mass is 32.2. The molecule has 1 fully saturated rings. The molecule has 0 radical (unpaired) electrons. The summed E-state index contributed by atoms with van der Waals surface area (Å²) in [7, 11) is 1.44. The van der Waals surface area contributed by atoms with Gasteiger partial charge in [0.05, 0.1) is 17.9 Å². The van der Waals surface area contributed by atoms with Crippen molar-refractivity contribution in [3.8, 4) is 11.4 Å². The molecule has 2 atom stereocenters. The van der Waals surface area contributed by atoms with Gasteiger partial charge < -0.3 is 10.1 Å². The van der Waals surface area contributed by atoms with Crippen LogP contribution >= 0.6 is 11.8 Å². The summed E-state index contributed by atoms with van der Waals surface area (Å²) in [5.41, 5.74) is 0.723. The van der Waals surface area contributed by atoms with Gasteiger partial charge in [0.15, 0.2) is 11.0 Å². The molecule has 0 bridgehead atoms. The molecule has 0 saturated carbocycles. The summed E-state index contributed by atoms with van der Waals surface area (Å²) in [6.45, 7) is 2.93. The van der Waals surface area contributed by atoms with Crippen LogP contribution in [-0.2, 0) is 16.1 Å². The van der Waals surface area contributed by atoms with Gasteiger partial charge in [-0.1, -0.05) is 11.8 Å². The summed E-state index contributed by atoms with van der Waals surface area (Å²) in [6, 6.07) is 5.45. The second kappa shape index (κ2) is 9.16. The van der Waals surface area contributed by atoms with Crippen LogP contribution in [0, 0.1) is 5.82 Å². The number of nitrogens with zero attached hydrogens (tertiary/aromatic N) is 3. The number of rotatable bonds is 6. The van der Waals surface area contributed by atoms with Gasteiger partial charge in [-0.3, -0.25) is 14.7 Å². The highest BCUT2D eigenvalue weighted by Crippen LogP contribution is 2.29. The fourth-order valence-corrected chi connectivity index (χ4v) is 3.69. The maximum atomic E-state index is 13.3. The number of carbonyl (C=O) groups excluding carboxylic acids is 2. The van der Waals surface area contributed by atoms with Crippen molar-refractivity contribution in [2.45, 2.75) is 42.8 Å². The SMILES string of the molecule is CNC(=O)NC(=O)[C@H](C)Sc1nnc(-c2ccc(F)cc2)n1C[C@H]1CCCO1. The fraction of sp³-hybridized carbons (Fsp3) is 0.444. The predicted octanol–water partition coefficient (Wildman–Crippen LogP) is 2.20. The van der Waals surface area contributed by atoms with Crippen LogP contribution in [0.15, 0.2) is 29.4 Å². The zero-order chi connectivity index (χ0) is 20.1. The number of ether oxygens (including phenoxy) is 1. The van der Waals surface area contributed by atoms with Gasteiger partial charge in [0.1, 0.15) is 5.82 Å². The lowest BCUT2D eigenvalue weighted by Crippen LogP contribution is -2.41. The maximum Gasteiger partial charge on any atom is 0.321 e. The maximum absolute atomic E-state index is 13.3. The molecule has 3 rings (SSSR count). The van der Waals surface area contributed by atoms with E-state index in [0.29, 0.717) is 24.1 Å². The number of halogens is 1. The summed E-state index contributed by atoms with van der Waals surface area (Å²) >= 11 is 1.20. The third-order valence-corrected chi connectivity index (χ3v) is 5.43. The number of hydrogen-bond donors (Lipinski definition) is 2.